The minimum Gasteiger partial charge on any atom is -0.340 e. The lowest BCUT2D eigenvalue weighted by Crippen LogP contribution is -2.32. The van der Waals surface area contributed by atoms with E-state index in [4.69, 9.17) is 0 Å². The first kappa shape index (κ1) is 13.4. The average Bonchev–Trinajstić information content (AvgIpc) is 2.16. The van der Waals surface area contributed by atoms with Gasteiger partial charge in [-0.3, -0.25) is 0 Å². The summed E-state index contributed by atoms with van der Waals surface area (Å²) in [5.41, 5.74) is 0. The summed E-state index contributed by atoms with van der Waals surface area (Å²) in [6.07, 6.45) is 3.60. The maximum atomic E-state index is 4.35. The molecule has 3 nitrogen and oxygen atoms in total. The van der Waals surface area contributed by atoms with E-state index in [-0.39, 0.29) is 0 Å². The number of anilines is 1. The van der Waals surface area contributed by atoms with E-state index in [0.717, 1.165) is 23.5 Å². The van der Waals surface area contributed by atoms with Crippen molar-refractivity contribution in [1.82, 2.24) is 9.97 Å². The van der Waals surface area contributed by atoms with E-state index in [0.29, 0.717) is 11.8 Å². The minimum atomic E-state index is 0.617. The second-order valence-electron chi connectivity index (χ2n) is 4.89. The second-order valence-corrected chi connectivity index (χ2v) is 5.81. The van der Waals surface area contributed by atoms with Crippen molar-refractivity contribution in [2.24, 2.45) is 11.8 Å². The largest absolute Gasteiger partial charge is 0.340 e. The molecule has 0 unspecified atom stereocenters. The van der Waals surface area contributed by atoms with Crippen LogP contribution >= 0.6 is 15.9 Å². The lowest BCUT2D eigenvalue weighted by atomic mass is 10.1. The molecule has 0 aliphatic rings. The predicted octanol–water partition coefficient (Wildman–Crippen LogP) is 3.36. The molecule has 0 bridgehead atoms. The van der Waals surface area contributed by atoms with Crippen LogP contribution in [0.2, 0.25) is 0 Å². The Morgan fingerprint density at radius 1 is 1.06 bits per heavy atom. The zero-order valence-corrected chi connectivity index (χ0v) is 12.0. The quantitative estimate of drug-likeness (QED) is 0.831. The van der Waals surface area contributed by atoms with Crippen molar-refractivity contribution in [2.45, 2.75) is 27.7 Å². The molecule has 0 N–H and O–H groups in total. The Kier molecular flexibility index (Phi) is 5.19. The van der Waals surface area contributed by atoms with E-state index in [1.54, 1.807) is 12.4 Å². The predicted molar refractivity (Wildman–Crippen MR) is 71.6 cm³/mol. The van der Waals surface area contributed by atoms with Gasteiger partial charge in [0.15, 0.2) is 0 Å². The summed E-state index contributed by atoms with van der Waals surface area (Å²) in [4.78, 5) is 11.0. The molecule has 0 aromatic carbocycles. The van der Waals surface area contributed by atoms with Crippen LogP contribution in [0, 0.1) is 11.8 Å². The standard InChI is InChI=1S/C12H20BrN3/c1-9(2)7-16(8-10(3)4)12-14-5-11(13)6-15-12/h5-6,9-10H,7-8H2,1-4H3. The van der Waals surface area contributed by atoms with Crippen LogP contribution in [-0.4, -0.2) is 23.1 Å². The summed E-state index contributed by atoms with van der Waals surface area (Å²) >= 11 is 3.35. The van der Waals surface area contributed by atoms with Crippen LogP contribution in [0.4, 0.5) is 5.95 Å². The Balaban J connectivity index is 2.78. The van der Waals surface area contributed by atoms with Crippen molar-refractivity contribution < 1.29 is 0 Å². The first-order chi connectivity index (χ1) is 7.49. The Labute approximate surface area is 106 Å². The fraction of sp³-hybridized carbons (Fsp3) is 0.667. The number of halogens is 1. The van der Waals surface area contributed by atoms with E-state index >= 15 is 0 Å². The topological polar surface area (TPSA) is 29.0 Å². The summed E-state index contributed by atoms with van der Waals surface area (Å²) in [7, 11) is 0. The lowest BCUT2D eigenvalue weighted by Gasteiger charge is -2.26. The van der Waals surface area contributed by atoms with Crippen LogP contribution in [0.15, 0.2) is 16.9 Å². The van der Waals surface area contributed by atoms with Crippen LogP contribution in [0.25, 0.3) is 0 Å². The highest BCUT2D eigenvalue weighted by molar-refractivity contribution is 9.10. The highest BCUT2D eigenvalue weighted by atomic mass is 79.9. The van der Waals surface area contributed by atoms with Crippen LogP contribution in [-0.2, 0) is 0 Å². The maximum absolute atomic E-state index is 4.35. The molecule has 0 radical (unpaired) electrons. The number of hydrogen-bond acceptors (Lipinski definition) is 3. The molecule has 16 heavy (non-hydrogen) atoms. The molecule has 1 heterocycles. The maximum Gasteiger partial charge on any atom is 0.225 e. The number of hydrogen-bond donors (Lipinski definition) is 0. The van der Waals surface area contributed by atoms with E-state index < -0.39 is 0 Å². The second kappa shape index (κ2) is 6.18. The van der Waals surface area contributed by atoms with E-state index in [1.807, 2.05) is 0 Å². The van der Waals surface area contributed by atoms with Gasteiger partial charge in [0.2, 0.25) is 5.95 Å². The number of aromatic nitrogens is 2. The zero-order valence-electron chi connectivity index (χ0n) is 10.4. The Bertz CT molecular complexity index is 299. The van der Waals surface area contributed by atoms with Gasteiger partial charge in [-0.2, -0.15) is 0 Å². The average molecular weight is 286 g/mol. The van der Waals surface area contributed by atoms with Crippen molar-refractivity contribution >= 4 is 21.9 Å². The van der Waals surface area contributed by atoms with Crippen LogP contribution < -0.4 is 4.90 Å². The molecule has 1 rings (SSSR count). The third kappa shape index (κ3) is 4.47. The monoisotopic (exact) mass is 285 g/mol. The molecule has 0 saturated carbocycles. The van der Waals surface area contributed by atoms with Crippen molar-refractivity contribution in [3.8, 4) is 0 Å². The van der Waals surface area contributed by atoms with Crippen molar-refractivity contribution in [1.29, 1.82) is 0 Å². The van der Waals surface area contributed by atoms with Gasteiger partial charge in [-0.05, 0) is 27.8 Å². The SMILES string of the molecule is CC(C)CN(CC(C)C)c1ncc(Br)cn1. The minimum absolute atomic E-state index is 0.617. The summed E-state index contributed by atoms with van der Waals surface area (Å²) in [6, 6.07) is 0. The van der Waals surface area contributed by atoms with Crippen molar-refractivity contribution in [2.75, 3.05) is 18.0 Å². The molecule has 0 aliphatic heterocycles. The third-order valence-electron chi connectivity index (χ3n) is 2.06. The molecule has 90 valence electrons. The zero-order chi connectivity index (χ0) is 12.1. The molecule has 1 aromatic heterocycles. The highest BCUT2D eigenvalue weighted by Crippen LogP contribution is 2.14. The van der Waals surface area contributed by atoms with E-state index in [1.165, 1.54) is 0 Å². The van der Waals surface area contributed by atoms with Gasteiger partial charge < -0.3 is 4.90 Å². The molecule has 4 heteroatoms. The Hall–Kier alpha value is -0.640. The fourth-order valence-electron chi connectivity index (χ4n) is 1.59. The normalized spacial score (nSPS) is 11.2. The molecule has 1 aromatic rings. The van der Waals surface area contributed by atoms with Crippen molar-refractivity contribution in [3.63, 3.8) is 0 Å². The van der Waals surface area contributed by atoms with Crippen LogP contribution in [0.3, 0.4) is 0 Å². The Morgan fingerprint density at radius 3 is 1.88 bits per heavy atom. The first-order valence-electron chi connectivity index (χ1n) is 5.71. The van der Waals surface area contributed by atoms with Gasteiger partial charge in [0.25, 0.3) is 0 Å². The van der Waals surface area contributed by atoms with E-state index in [9.17, 15) is 0 Å². The summed E-state index contributed by atoms with van der Waals surface area (Å²) in [5, 5.41) is 0. The molecular formula is C12H20BrN3. The fourth-order valence-corrected chi connectivity index (χ4v) is 1.79. The smallest absolute Gasteiger partial charge is 0.225 e. The van der Waals surface area contributed by atoms with Crippen LogP contribution in [0.1, 0.15) is 27.7 Å². The lowest BCUT2D eigenvalue weighted by molar-refractivity contribution is 0.544. The van der Waals surface area contributed by atoms with Gasteiger partial charge in [0, 0.05) is 25.5 Å². The highest BCUT2D eigenvalue weighted by Gasteiger charge is 2.12. The molecule has 0 atom stereocenters. The molecule has 0 amide bonds. The van der Waals surface area contributed by atoms with E-state index in [2.05, 4.69) is 58.5 Å². The Morgan fingerprint density at radius 2 is 1.50 bits per heavy atom. The number of rotatable bonds is 5. The van der Waals surface area contributed by atoms with Gasteiger partial charge >= 0.3 is 0 Å². The molecule has 0 fully saturated rings. The molecular weight excluding hydrogens is 266 g/mol. The molecule has 0 aliphatic carbocycles. The van der Waals surface area contributed by atoms with Gasteiger partial charge in [0.1, 0.15) is 0 Å². The van der Waals surface area contributed by atoms with Gasteiger partial charge in [-0.15, -0.1) is 0 Å². The third-order valence-corrected chi connectivity index (χ3v) is 2.47. The molecule has 0 spiro atoms. The van der Waals surface area contributed by atoms with Crippen LogP contribution in [0.5, 0.6) is 0 Å². The first-order valence-corrected chi connectivity index (χ1v) is 6.50. The number of nitrogens with zero attached hydrogens (tertiary/aromatic N) is 3. The van der Waals surface area contributed by atoms with Gasteiger partial charge in [0.05, 0.1) is 4.47 Å². The summed E-state index contributed by atoms with van der Waals surface area (Å²) in [5.74, 6) is 2.06. The summed E-state index contributed by atoms with van der Waals surface area (Å²) in [6.45, 7) is 10.9. The van der Waals surface area contributed by atoms with Gasteiger partial charge in [-0.1, -0.05) is 27.7 Å². The summed E-state index contributed by atoms with van der Waals surface area (Å²) < 4.78 is 0.922. The van der Waals surface area contributed by atoms with Gasteiger partial charge in [-0.25, -0.2) is 9.97 Å². The van der Waals surface area contributed by atoms with Crippen molar-refractivity contribution in [3.05, 3.63) is 16.9 Å². The molecule has 0 saturated heterocycles.